The van der Waals surface area contributed by atoms with Gasteiger partial charge in [0, 0.05) is 17.7 Å². The van der Waals surface area contributed by atoms with E-state index in [1.54, 1.807) is 0 Å². The lowest BCUT2D eigenvalue weighted by atomic mass is 10.1. The third-order valence-corrected chi connectivity index (χ3v) is 4.68. The number of hydrogen-bond acceptors (Lipinski definition) is 7. The van der Waals surface area contributed by atoms with E-state index in [1.807, 2.05) is 0 Å². The van der Waals surface area contributed by atoms with E-state index >= 15 is 0 Å². The molecule has 0 saturated carbocycles. The van der Waals surface area contributed by atoms with Crippen LogP contribution < -0.4 is 10.0 Å². The number of rotatable bonds is 5. The van der Waals surface area contributed by atoms with Gasteiger partial charge in [-0.15, -0.1) is 0 Å². The maximum absolute atomic E-state index is 12.9. The van der Waals surface area contributed by atoms with Crippen molar-refractivity contribution >= 4 is 22.0 Å². The second kappa shape index (κ2) is 7.81. The molecule has 2 aromatic rings. The smallest absolute Gasteiger partial charge is 0.378 e. The van der Waals surface area contributed by atoms with Gasteiger partial charge in [-0.3, -0.25) is 10.1 Å². The molecule has 2 N–H and O–H groups in total. The van der Waals surface area contributed by atoms with E-state index in [4.69, 9.17) is 5.84 Å². The quantitative estimate of drug-likeness (QED) is 0.182. The average molecular weight is 457 g/mol. The summed E-state index contributed by atoms with van der Waals surface area (Å²) < 4.78 is 107. The topological polar surface area (TPSA) is 125 Å². The predicted octanol–water partition coefficient (Wildman–Crippen LogP) is 3.69. The minimum absolute atomic E-state index is 0.0351. The summed E-state index contributed by atoms with van der Waals surface area (Å²) in [5.41, 5.74) is -4.63. The Morgan fingerprint density at radius 1 is 1.00 bits per heavy atom. The molecule has 8 nitrogen and oxygen atoms in total. The Balaban J connectivity index is 2.61. The maximum Gasteiger partial charge on any atom is 0.416 e. The van der Waals surface area contributed by atoms with Gasteiger partial charge < -0.3 is 10.0 Å². The molecule has 30 heavy (non-hydrogen) atoms. The number of nitrogens with zero attached hydrogens (tertiary/aromatic N) is 2. The van der Waals surface area contributed by atoms with Crippen LogP contribution in [0.25, 0.3) is 0 Å². The lowest BCUT2D eigenvalue weighted by molar-refractivity contribution is -0.384. The van der Waals surface area contributed by atoms with Crippen molar-refractivity contribution in [2.75, 3.05) is 0 Å². The van der Waals surface area contributed by atoms with E-state index in [2.05, 4.69) is 9.28 Å². The first-order valence-corrected chi connectivity index (χ1v) is 8.81. The summed E-state index contributed by atoms with van der Waals surface area (Å²) in [5, 5.41) is 13.8. The van der Waals surface area contributed by atoms with Crippen LogP contribution in [0.1, 0.15) is 16.7 Å². The molecule has 162 valence electrons. The summed E-state index contributed by atoms with van der Waals surface area (Å²) in [6, 6.07) is 2.03. The van der Waals surface area contributed by atoms with Gasteiger partial charge in [0.25, 0.3) is 5.69 Å². The number of halogens is 6. The van der Waals surface area contributed by atoms with E-state index in [0.717, 1.165) is 24.4 Å². The second-order valence-corrected chi connectivity index (χ2v) is 7.08. The van der Waals surface area contributed by atoms with Crippen molar-refractivity contribution in [3.8, 4) is 5.75 Å². The van der Waals surface area contributed by atoms with Crippen molar-refractivity contribution in [1.82, 2.24) is 0 Å². The van der Waals surface area contributed by atoms with E-state index in [0.29, 0.717) is 0 Å². The van der Waals surface area contributed by atoms with Crippen LogP contribution in [0.4, 0.5) is 32.0 Å². The second-order valence-electron chi connectivity index (χ2n) is 5.54. The largest absolute Gasteiger partial charge is 0.416 e. The Labute approximate surface area is 163 Å². The lowest BCUT2D eigenvalue weighted by Crippen LogP contribution is -2.16. The molecule has 0 heterocycles. The average Bonchev–Trinajstić information content (AvgIpc) is 2.61. The summed E-state index contributed by atoms with van der Waals surface area (Å²) in [6.45, 7) is 0. The third-order valence-electron chi connectivity index (χ3n) is 3.47. The van der Waals surface area contributed by atoms with Gasteiger partial charge in [0.05, 0.1) is 22.3 Å². The Morgan fingerprint density at radius 3 is 1.97 bits per heavy atom. The number of nitro benzene ring substituents is 1. The van der Waals surface area contributed by atoms with Gasteiger partial charge in [-0.25, -0.2) is 0 Å². The molecule has 0 aliphatic rings. The van der Waals surface area contributed by atoms with E-state index in [-0.39, 0.29) is 23.8 Å². The molecule has 0 amide bonds. The number of non-ortho nitro benzene ring substituents is 1. The predicted molar refractivity (Wildman–Crippen MR) is 89.1 cm³/mol. The van der Waals surface area contributed by atoms with Crippen LogP contribution >= 0.6 is 0 Å². The summed E-state index contributed by atoms with van der Waals surface area (Å²) in [5.74, 6) is 4.24. The molecular formula is C15H9F6N3O5S. The molecule has 0 atom stereocenters. The number of nitro groups is 1. The number of benzene rings is 2. The van der Waals surface area contributed by atoms with Crippen LogP contribution in [0, 0.1) is 10.1 Å². The highest BCUT2D eigenvalue weighted by atomic mass is 32.2. The van der Waals surface area contributed by atoms with Crippen LogP contribution in [0.3, 0.4) is 0 Å². The number of alkyl halides is 6. The molecular weight excluding hydrogens is 448 g/mol. The van der Waals surface area contributed by atoms with Crippen LogP contribution in [0.5, 0.6) is 5.75 Å². The molecule has 0 aromatic heterocycles. The molecule has 15 heteroatoms. The van der Waals surface area contributed by atoms with Gasteiger partial charge in [0.2, 0.25) is 0 Å². The zero-order chi connectivity index (χ0) is 22.9. The summed E-state index contributed by atoms with van der Waals surface area (Å²) >= 11 is 0. The van der Waals surface area contributed by atoms with E-state index < -0.39 is 54.9 Å². The Bertz CT molecular complexity index is 1080. The zero-order valence-electron chi connectivity index (χ0n) is 14.2. The highest BCUT2D eigenvalue weighted by Gasteiger charge is 2.38. The highest BCUT2D eigenvalue weighted by molar-refractivity contribution is 7.87. The van der Waals surface area contributed by atoms with Crippen LogP contribution in [0.15, 0.2) is 46.4 Å². The van der Waals surface area contributed by atoms with Gasteiger partial charge in [0.1, 0.15) is 4.90 Å². The Morgan fingerprint density at radius 2 is 1.53 bits per heavy atom. The molecule has 2 aromatic carbocycles. The fourth-order valence-electron chi connectivity index (χ4n) is 2.14. The lowest BCUT2D eigenvalue weighted by Gasteiger charge is -2.15. The standard InChI is InChI=1S/C15H9F6N3O5S/c16-14(17,18)9-4-10(15(19,20)21)6-12(5-9)30(27,28)29-13-2-1-11(24(25)26)3-8(13)7-23-22/h1-7H,22H2. The first-order chi connectivity index (χ1) is 13.6. The molecule has 0 aliphatic carbocycles. The van der Waals surface area contributed by atoms with E-state index in [1.165, 1.54) is 0 Å². The minimum Gasteiger partial charge on any atom is -0.378 e. The summed E-state index contributed by atoms with van der Waals surface area (Å²) in [6.07, 6.45) is -9.82. The molecule has 0 radical (unpaired) electrons. The van der Waals surface area contributed by atoms with Gasteiger partial charge in [-0.1, -0.05) is 0 Å². The first kappa shape index (κ1) is 22.9. The molecule has 0 bridgehead atoms. The van der Waals surface area contributed by atoms with Crippen molar-refractivity contribution in [2.45, 2.75) is 17.2 Å². The van der Waals surface area contributed by atoms with Crippen molar-refractivity contribution < 1.29 is 43.9 Å². The maximum atomic E-state index is 12.9. The van der Waals surface area contributed by atoms with Crippen molar-refractivity contribution in [1.29, 1.82) is 0 Å². The van der Waals surface area contributed by atoms with Crippen LogP contribution in [-0.2, 0) is 22.5 Å². The van der Waals surface area contributed by atoms with Crippen LogP contribution in [0.2, 0.25) is 0 Å². The third kappa shape index (κ3) is 5.16. The van der Waals surface area contributed by atoms with Gasteiger partial charge in [-0.05, 0) is 24.3 Å². The normalized spacial score (nSPS) is 12.9. The van der Waals surface area contributed by atoms with Crippen molar-refractivity contribution in [3.05, 3.63) is 63.2 Å². The van der Waals surface area contributed by atoms with E-state index in [9.17, 15) is 44.9 Å². The summed E-state index contributed by atoms with van der Waals surface area (Å²) in [4.78, 5) is 8.51. The zero-order valence-corrected chi connectivity index (χ0v) is 15.0. The SMILES string of the molecule is NN=Cc1cc([N+](=O)[O-])ccc1OS(=O)(=O)c1cc(C(F)(F)F)cc(C(F)(F)F)c1. The summed E-state index contributed by atoms with van der Waals surface area (Å²) in [7, 11) is -5.23. The number of nitrogens with two attached hydrogens (primary N) is 1. The minimum atomic E-state index is -5.28. The Hall–Kier alpha value is -3.36. The molecule has 2 rings (SSSR count). The number of hydrazone groups is 1. The van der Waals surface area contributed by atoms with Gasteiger partial charge in [-0.2, -0.15) is 39.9 Å². The van der Waals surface area contributed by atoms with Gasteiger partial charge >= 0.3 is 22.5 Å². The van der Waals surface area contributed by atoms with Crippen molar-refractivity contribution in [3.63, 3.8) is 0 Å². The Kier molecular flexibility index (Phi) is 5.97. The highest BCUT2D eigenvalue weighted by Crippen LogP contribution is 2.38. The molecule has 0 spiro atoms. The fourth-order valence-corrected chi connectivity index (χ4v) is 3.17. The van der Waals surface area contributed by atoms with Gasteiger partial charge in [0.15, 0.2) is 5.75 Å². The number of hydrogen-bond donors (Lipinski definition) is 1. The molecule has 0 unspecified atom stereocenters. The fraction of sp³-hybridized carbons (Fsp3) is 0.133. The van der Waals surface area contributed by atoms with Crippen LogP contribution in [-0.4, -0.2) is 19.6 Å². The molecule has 0 fully saturated rings. The molecule has 0 saturated heterocycles. The monoisotopic (exact) mass is 457 g/mol. The first-order valence-electron chi connectivity index (χ1n) is 7.41. The van der Waals surface area contributed by atoms with Crippen molar-refractivity contribution in [2.24, 2.45) is 10.9 Å². The molecule has 0 aliphatic heterocycles.